The molecule has 1 heterocycles. The molecule has 0 aliphatic carbocycles. The van der Waals surface area contributed by atoms with Gasteiger partial charge >= 0.3 is 0 Å². The van der Waals surface area contributed by atoms with E-state index in [0.717, 1.165) is 32.4 Å². The fourth-order valence-corrected chi connectivity index (χ4v) is 2.19. The summed E-state index contributed by atoms with van der Waals surface area (Å²) < 4.78 is 5.33. The molecule has 0 spiro atoms. The van der Waals surface area contributed by atoms with Crippen molar-refractivity contribution in [2.45, 2.75) is 70.8 Å². The molecule has 0 aromatic rings. The van der Waals surface area contributed by atoms with Crippen LogP contribution in [-0.2, 0) is 9.53 Å². The van der Waals surface area contributed by atoms with E-state index in [-0.39, 0.29) is 12.0 Å². The maximum atomic E-state index is 11.6. The monoisotopic (exact) mass is 241 g/mol. The Morgan fingerprint density at radius 2 is 1.88 bits per heavy atom. The number of rotatable bonds is 9. The molecule has 3 heteroatoms. The molecular weight excluding hydrogens is 214 g/mol. The molecular formula is C14H27NO2. The molecule has 1 atom stereocenters. The molecule has 1 aliphatic rings. The van der Waals surface area contributed by atoms with Gasteiger partial charge in [-0.2, -0.15) is 0 Å². The van der Waals surface area contributed by atoms with E-state index >= 15 is 0 Å². The van der Waals surface area contributed by atoms with Crippen molar-refractivity contribution in [1.29, 1.82) is 0 Å². The normalized spacial score (nSPS) is 19.5. The molecule has 1 N–H and O–H groups in total. The summed E-state index contributed by atoms with van der Waals surface area (Å²) >= 11 is 0. The summed E-state index contributed by atoms with van der Waals surface area (Å²) in [4.78, 5) is 11.6. The first-order valence-corrected chi connectivity index (χ1v) is 7.24. The lowest BCUT2D eigenvalue weighted by molar-refractivity contribution is -0.130. The van der Waals surface area contributed by atoms with Gasteiger partial charge in [-0.25, -0.2) is 0 Å². The molecule has 0 aromatic carbocycles. The highest BCUT2D eigenvalue weighted by Crippen LogP contribution is 2.11. The van der Waals surface area contributed by atoms with Crippen molar-refractivity contribution in [2.75, 3.05) is 13.2 Å². The molecule has 1 unspecified atom stereocenters. The number of ether oxygens (including phenoxy) is 1. The first-order valence-electron chi connectivity index (χ1n) is 7.24. The van der Waals surface area contributed by atoms with Crippen molar-refractivity contribution >= 4 is 5.91 Å². The van der Waals surface area contributed by atoms with E-state index in [2.05, 4.69) is 12.2 Å². The van der Waals surface area contributed by atoms with E-state index < -0.39 is 0 Å². The molecule has 100 valence electrons. The molecule has 1 rings (SSSR count). The van der Waals surface area contributed by atoms with E-state index in [1.807, 2.05) is 0 Å². The predicted octanol–water partition coefficient (Wildman–Crippen LogP) is 3.03. The van der Waals surface area contributed by atoms with Crippen molar-refractivity contribution in [2.24, 2.45) is 0 Å². The minimum atomic E-state index is -0.167. The van der Waals surface area contributed by atoms with Crippen LogP contribution in [0.15, 0.2) is 0 Å². The number of unbranched alkanes of at least 4 members (excludes halogenated alkanes) is 6. The summed E-state index contributed by atoms with van der Waals surface area (Å²) in [5, 5.41) is 2.96. The minimum absolute atomic E-state index is 0.0912. The predicted molar refractivity (Wildman–Crippen MR) is 70.0 cm³/mol. The average molecular weight is 241 g/mol. The third kappa shape index (κ3) is 6.67. The van der Waals surface area contributed by atoms with E-state index in [0.29, 0.717) is 0 Å². The second-order valence-electron chi connectivity index (χ2n) is 4.91. The first-order chi connectivity index (χ1) is 8.34. The van der Waals surface area contributed by atoms with Crippen LogP contribution in [0.4, 0.5) is 0 Å². The first kappa shape index (κ1) is 14.5. The number of hydrogen-bond donors (Lipinski definition) is 1. The summed E-state index contributed by atoms with van der Waals surface area (Å²) in [7, 11) is 0. The summed E-state index contributed by atoms with van der Waals surface area (Å²) in [6, 6.07) is 0. The number of carbonyl (C=O) groups is 1. The zero-order valence-corrected chi connectivity index (χ0v) is 11.2. The fourth-order valence-electron chi connectivity index (χ4n) is 2.19. The second-order valence-corrected chi connectivity index (χ2v) is 4.91. The molecule has 1 saturated heterocycles. The van der Waals surface area contributed by atoms with E-state index in [1.54, 1.807) is 0 Å². The number of hydrogen-bond acceptors (Lipinski definition) is 2. The smallest absolute Gasteiger partial charge is 0.249 e. The van der Waals surface area contributed by atoms with Crippen LogP contribution in [0.25, 0.3) is 0 Å². The lowest BCUT2D eigenvalue weighted by Crippen LogP contribution is -2.34. The van der Waals surface area contributed by atoms with Crippen LogP contribution in [0.1, 0.15) is 64.7 Å². The topological polar surface area (TPSA) is 38.3 Å². The molecule has 0 aromatic heterocycles. The summed E-state index contributed by atoms with van der Waals surface area (Å²) in [6.45, 7) is 3.79. The summed E-state index contributed by atoms with van der Waals surface area (Å²) in [6.07, 6.45) is 10.7. The van der Waals surface area contributed by atoms with Crippen LogP contribution in [0.3, 0.4) is 0 Å². The van der Waals surface area contributed by atoms with Gasteiger partial charge in [0.2, 0.25) is 5.91 Å². The van der Waals surface area contributed by atoms with E-state index in [1.165, 1.54) is 38.5 Å². The lowest BCUT2D eigenvalue weighted by atomic mass is 10.1. The minimum Gasteiger partial charge on any atom is -0.368 e. The zero-order chi connectivity index (χ0) is 12.3. The van der Waals surface area contributed by atoms with E-state index in [4.69, 9.17) is 4.74 Å². The van der Waals surface area contributed by atoms with Gasteiger partial charge in [-0.15, -0.1) is 0 Å². The van der Waals surface area contributed by atoms with Crippen LogP contribution >= 0.6 is 0 Å². The Hall–Kier alpha value is -0.570. The Balaban J connectivity index is 1.85. The maximum Gasteiger partial charge on any atom is 0.249 e. The van der Waals surface area contributed by atoms with Crippen LogP contribution in [0.2, 0.25) is 0 Å². The molecule has 0 radical (unpaired) electrons. The van der Waals surface area contributed by atoms with Gasteiger partial charge in [-0.05, 0) is 19.3 Å². The summed E-state index contributed by atoms with van der Waals surface area (Å²) in [5.74, 6) is 0.0912. The van der Waals surface area contributed by atoms with Gasteiger partial charge in [0, 0.05) is 13.2 Å². The summed E-state index contributed by atoms with van der Waals surface area (Å²) in [5.41, 5.74) is 0. The van der Waals surface area contributed by atoms with Crippen LogP contribution < -0.4 is 5.32 Å². The van der Waals surface area contributed by atoms with Crippen molar-refractivity contribution in [3.05, 3.63) is 0 Å². The third-order valence-corrected chi connectivity index (χ3v) is 3.30. The van der Waals surface area contributed by atoms with Gasteiger partial charge in [-0.1, -0.05) is 45.4 Å². The zero-order valence-electron chi connectivity index (χ0n) is 11.2. The Morgan fingerprint density at radius 1 is 1.18 bits per heavy atom. The highest BCUT2D eigenvalue weighted by atomic mass is 16.5. The van der Waals surface area contributed by atoms with Crippen molar-refractivity contribution in [3.8, 4) is 0 Å². The molecule has 0 saturated carbocycles. The standard InChI is InChI=1S/C14H27NO2/c1-2-3-4-5-6-7-8-11-15-14(16)13-10-9-12-17-13/h13H,2-12H2,1H3,(H,15,16). The van der Waals surface area contributed by atoms with Gasteiger partial charge < -0.3 is 10.1 Å². The van der Waals surface area contributed by atoms with Crippen molar-refractivity contribution < 1.29 is 9.53 Å². The van der Waals surface area contributed by atoms with E-state index in [9.17, 15) is 4.79 Å². The average Bonchev–Trinajstić information content (AvgIpc) is 2.86. The largest absolute Gasteiger partial charge is 0.368 e. The second kappa shape index (κ2) is 9.46. The Kier molecular flexibility index (Phi) is 8.06. The molecule has 1 aliphatic heterocycles. The number of carbonyl (C=O) groups excluding carboxylic acids is 1. The molecule has 3 nitrogen and oxygen atoms in total. The Morgan fingerprint density at radius 3 is 2.53 bits per heavy atom. The number of nitrogens with one attached hydrogen (secondary N) is 1. The third-order valence-electron chi connectivity index (χ3n) is 3.30. The molecule has 1 fully saturated rings. The molecule has 1 amide bonds. The van der Waals surface area contributed by atoms with Gasteiger partial charge in [0.15, 0.2) is 0 Å². The quantitative estimate of drug-likeness (QED) is 0.630. The van der Waals surface area contributed by atoms with Gasteiger partial charge in [0.05, 0.1) is 0 Å². The highest BCUT2D eigenvalue weighted by molar-refractivity contribution is 5.80. The van der Waals surface area contributed by atoms with Crippen LogP contribution in [-0.4, -0.2) is 25.2 Å². The lowest BCUT2D eigenvalue weighted by Gasteiger charge is -2.10. The van der Waals surface area contributed by atoms with Gasteiger partial charge in [0.25, 0.3) is 0 Å². The molecule has 0 bridgehead atoms. The Labute approximate surface area is 105 Å². The Bertz CT molecular complexity index is 200. The number of amides is 1. The van der Waals surface area contributed by atoms with Crippen molar-refractivity contribution in [1.82, 2.24) is 5.32 Å². The van der Waals surface area contributed by atoms with Crippen molar-refractivity contribution in [3.63, 3.8) is 0 Å². The maximum absolute atomic E-state index is 11.6. The molecule has 17 heavy (non-hydrogen) atoms. The SMILES string of the molecule is CCCCCCCCCNC(=O)C1CCCO1. The van der Waals surface area contributed by atoms with Gasteiger partial charge in [0.1, 0.15) is 6.10 Å². The fraction of sp³-hybridized carbons (Fsp3) is 0.929. The van der Waals surface area contributed by atoms with Crippen LogP contribution in [0.5, 0.6) is 0 Å². The van der Waals surface area contributed by atoms with Crippen LogP contribution in [0, 0.1) is 0 Å². The highest BCUT2D eigenvalue weighted by Gasteiger charge is 2.22. The van der Waals surface area contributed by atoms with Gasteiger partial charge in [-0.3, -0.25) is 4.79 Å².